The fourth-order valence-electron chi connectivity index (χ4n) is 2.44. The van der Waals surface area contributed by atoms with Crippen LogP contribution in [-0.4, -0.2) is 25.2 Å². The van der Waals surface area contributed by atoms with Crippen LogP contribution in [0.25, 0.3) is 0 Å². The number of hydrogen-bond acceptors (Lipinski definition) is 3. The van der Waals surface area contributed by atoms with Gasteiger partial charge in [0.1, 0.15) is 18.1 Å². The number of halogens is 1. The van der Waals surface area contributed by atoms with Crippen molar-refractivity contribution in [3.63, 3.8) is 0 Å². The maximum absolute atomic E-state index is 12.2. The Labute approximate surface area is 166 Å². The van der Waals surface area contributed by atoms with Gasteiger partial charge in [-0.05, 0) is 54.7 Å². The summed E-state index contributed by atoms with van der Waals surface area (Å²) < 4.78 is 11.3. The molecule has 0 spiro atoms. The SMILES string of the molecule is Cc1ccc(OCCNC(=O)C(C)Oc2ccc(C(C)(C)C)cc2)cc1Cl. The lowest BCUT2D eigenvalue weighted by Crippen LogP contribution is -2.38. The lowest BCUT2D eigenvalue weighted by molar-refractivity contribution is -0.127. The van der Waals surface area contributed by atoms with Gasteiger partial charge in [-0.1, -0.05) is 50.6 Å². The molecular weight excluding hydrogens is 362 g/mol. The minimum absolute atomic E-state index is 0.0865. The van der Waals surface area contributed by atoms with Gasteiger partial charge < -0.3 is 14.8 Å². The van der Waals surface area contributed by atoms with Crippen molar-refractivity contribution in [1.82, 2.24) is 5.32 Å². The summed E-state index contributed by atoms with van der Waals surface area (Å²) in [5, 5.41) is 3.48. The molecule has 1 amide bonds. The molecule has 0 aliphatic rings. The molecule has 0 fully saturated rings. The van der Waals surface area contributed by atoms with Crippen molar-refractivity contribution >= 4 is 17.5 Å². The lowest BCUT2D eigenvalue weighted by Gasteiger charge is -2.20. The zero-order valence-corrected chi connectivity index (χ0v) is 17.4. The van der Waals surface area contributed by atoms with Crippen LogP contribution in [-0.2, 0) is 10.2 Å². The molecule has 0 saturated heterocycles. The number of nitrogens with one attached hydrogen (secondary N) is 1. The zero-order valence-electron chi connectivity index (χ0n) is 16.6. The third-order valence-corrected chi connectivity index (χ3v) is 4.62. The molecule has 0 aromatic heterocycles. The summed E-state index contributed by atoms with van der Waals surface area (Å²) in [5.41, 5.74) is 2.31. The van der Waals surface area contributed by atoms with Crippen LogP contribution in [0.2, 0.25) is 5.02 Å². The molecule has 2 aromatic rings. The maximum Gasteiger partial charge on any atom is 0.260 e. The van der Waals surface area contributed by atoms with E-state index in [4.69, 9.17) is 21.1 Å². The number of carbonyl (C=O) groups is 1. The van der Waals surface area contributed by atoms with Crippen LogP contribution in [0.5, 0.6) is 11.5 Å². The van der Waals surface area contributed by atoms with Crippen molar-refractivity contribution in [1.29, 1.82) is 0 Å². The highest BCUT2D eigenvalue weighted by atomic mass is 35.5. The molecule has 4 nitrogen and oxygen atoms in total. The monoisotopic (exact) mass is 389 g/mol. The van der Waals surface area contributed by atoms with Crippen LogP contribution in [0.4, 0.5) is 0 Å². The number of rotatable bonds is 7. The number of ether oxygens (including phenoxy) is 2. The van der Waals surface area contributed by atoms with E-state index in [1.165, 1.54) is 5.56 Å². The van der Waals surface area contributed by atoms with Gasteiger partial charge in [-0.25, -0.2) is 0 Å². The van der Waals surface area contributed by atoms with Gasteiger partial charge in [0, 0.05) is 5.02 Å². The Morgan fingerprint density at radius 2 is 1.74 bits per heavy atom. The number of aryl methyl sites for hydroxylation is 1. The number of amides is 1. The lowest BCUT2D eigenvalue weighted by atomic mass is 9.87. The minimum atomic E-state index is -0.584. The summed E-state index contributed by atoms with van der Waals surface area (Å²) in [4.78, 5) is 12.2. The molecule has 0 heterocycles. The first-order valence-corrected chi connectivity index (χ1v) is 9.48. The van der Waals surface area contributed by atoms with Crippen molar-refractivity contribution in [2.75, 3.05) is 13.2 Å². The Morgan fingerprint density at radius 3 is 2.33 bits per heavy atom. The van der Waals surface area contributed by atoms with Crippen LogP contribution in [0.3, 0.4) is 0 Å². The Bertz CT molecular complexity index is 766. The fraction of sp³-hybridized carbons (Fsp3) is 0.409. The standard InChI is InChI=1S/C22H28ClNO3/c1-15-6-9-19(14-20(15)23)26-13-12-24-21(25)16(2)27-18-10-7-17(8-11-18)22(3,4)5/h6-11,14,16H,12-13H2,1-5H3,(H,24,25). The van der Waals surface area contributed by atoms with E-state index >= 15 is 0 Å². The van der Waals surface area contributed by atoms with Gasteiger partial charge in [-0.3, -0.25) is 4.79 Å². The van der Waals surface area contributed by atoms with Gasteiger partial charge >= 0.3 is 0 Å². The fourth-order valence-corrected chi connectivity index (χ4v) is 2.61. The van der Waals surface area contributed by atoms with Gasteiger partial charge in [0.05, 0.1) is 6.54 Å². The van der Waals surface area contributed by atoms with Gasteiger partial charge in [0.2, 0.25) is 0 Å². The van der Waals surface area contributed by atoms with Gasteiger partial charge in [-0.2, -0.15) is 0 Å². The highest BCUT2D eigenvalue weighted by molar-refractivity contribution is 6.31. The van der Waals surface area contributed by atoms with Gasteiger partial charge in [0.15, 0.2) is 6.10 Å². The largest absolute Gasteiger partial charge is 0.492 e. The van der Waals surface area contributed by atoms with Crippen LogP contribution in [0.1, 0.15) is 38.8 Å². The second-order valence-corrected chi connectivity index (χ2v) is 7.99. The Balaban J connectivity index is 1.76. The molecule has 2 aromatic carbocycles. The van der Waals surface area contributed by atoms with Gasteiger partial charge in [0.25, 0.3) is 5.91 Å². The van der Waals surface area contributed by atoms with Crippen LogP contribution in [0.15, 0.2) is 42.5 Å². The van der Waals surface area contributed by atoms with Crippen molar-refractivity contribution in [3.05, 3.63) is 58.6 Å². The van der Waals surface area contributed by atoms with Crippen molar-refractivity contribution in [2.24, 2.45) is 0 Å². The number of hydrogen-bond donors (Lipinski definition) is 1. The predicted molar refractivity (Wildman–Crippen MR) is 110 cm³/mol. The van der Waals surface area contributed by atoms with Crippen LogP contribution in [0, 0.1) is 6.92 Å². The molecule has 0 radical (unpaired) electrons. The molecule has 5 heteroatoms. The summed E-state index contributed by atoms with van der Waals surface area (Å²) in [7, 11) is 0. The van der Waals surface area contributed by atoms with E-state index in [-0.39, 0.29) is 11.3 Å². The zero-order chi connectivity index (χ0) is 20.0. The van der Waals surface area contributed by atoms with Gasteiger partial charge in [-0.15, -0.1) is 0 Å². The average Bonchev–Trinajstić information content (AvgIpc) is 2.61. The number of benzene rings is 2. The van der Waals surface area contributed by atoms with E-state index < -0.39 is 6.10 Å². The normalized spacial score (nSPS) is 12.4. The smallest absolute Gasteiger partial charge is 0.260 e. The van der Waals surface area contributed by atoms with E-state index in [0.717, 1.165) is 5.56 Å². The topological polar surface area (TPSA) is 47.6 Å². The molecular formula is C22H28ClNO3. The summed E-state index contributed by atoms with van der Waals surface area (Å²) in [5.74, 6) is 1.18. The Morgan fingerprint density at radius 1 is 1.11 bits per heavy atom. The highest BCUT2D eigenvalue weighted by Gasteiger charge is 2.16. The number of carbonyl (C=O) groups excluding carboxylic acids is 1. The Kier molecular flexibility index (Phi) is 7.14. The minimum Gasteiger partial charge on any atom is -0.492 e. The van der Waals surface area contributed by atoms with Crippen molar-refractivity contribution < 1.29 is 14.3 Å². The molecule has 1 unspecified atom stereocenters. The first-order valence-electron chi connectivity index (χ1n) is 9.10. The quantitative estimate of drug-likeness (QED) is 0.684. The first-order chi connectivity index (χ1) is 12.7. The molecule has 27 heavy (non-hydrogen) atoms. The average molecular weight is 390 g/mol. The first kappa shape index (κ1) is 21.1. The Hall–Kier alpha value is -2.20. The predicted octanol–water partition coefficient (Wildman–Crippen LogP) is 4.91. The molecule has 0 bridgehead atoms. The summed E-state index contributed by atoms with van der Waals surface area (Å²) in [6.45, 7) is 10.9. The third-order valence-electron chi connectivity index (χ3n) is 4.22. The van der Waals surface area contributed by atoms with Crippen LogP contribution < -0.4 is 14.8 Å². The van der Waals surface area contributed by atoms with E-state index in [9.17, 15) is 4.79 Å². The van der Waals surface area contributed by atoms with E-state index in [0.29, 0.717) is 29.7 Å². The maximum atomic E-state index is 12.2. The second-order valence-electron chi connectivity index (χ2n) is 7.58. The summed E-state index contributed by atoms with van der Waals surface area (Å²) in [6, 6.07) is 13.4. The molecule has 1 N–H and O–H groups in total. The van der Waals surface area contributed by atoms with E-state index in [1.807, 2.05) is 43.3 Å². The third kappa shape index (κ3) is 6.47. The summed E-state index contributed by atoms with van der Waals surface area (Å²) in [6.07, 6.45) is -0.584. The second kappa shape index (κ2) is 9.14. The van der Waals surface area contributed by atoms with Crippen molar-refractivity contribution in [2.45, 2.75) is 46.1 Å². The molecule has 146 valence electrons. The highest BCUT2D eigenvalue weighted by Crippen LogP contribution is 2.24. The molecule has 0 aliphatic carbocycles. The summed E-state index contributed by atoms with van der Waals surface area (Å²) >= 11 is 6.06. The molecule has 1 atom stereocenters. The van der Waals surface area contributed by atoms with Crippen LogP contribution >= 0.6 is 11.6 Å². The van der Waals surface area contributed by atoms with E-state index in [2.05, 4.69) is 26.1 Å². The molecule has 2 rings (SSSR count). The molecule has 0 saturated carbocycles. The molecule has 0 aliphatic heterocycles. The van der Waals surface area contributed by atoms with E-state index in [1.54, 1.807) is 13.0 Å². The van der Waals surface area contributed by atoms with Crippen molar-refractivity contribution in [3.8, 4) is 11.5 Å².